The average Bonchev–Trinajstić information content (AvgIpc) is 2.96. The van der Waals surface area contributed by atoms with Crippen molar-refractivity contribution in [1.29, 1.82) is 0 Å². The summed E-state index contributed by atoms with van der Waals surface area (Å²) in [7, 11) is 0. The Morgan fingerprint density at radius 1 is 1.00 bits per heavy atom. The van der Waals surface area contributed by atoms with Gasteiger partial charge in [-0.15, -0.1) is 0 Å². The number of hydrogen-bond donors (Lipinski definition) is 2. The number of nitrogens with one attached hydrogen (secondary N) is 2. The average molecular weight is 405 g/mol. The van der Waals surface area contributed by atoms with E-state index in [0.717, 1.165) is 16.9 Å². The van der Waals surface area contributed by atoms with E-state index in [1.54, 1.807) is 16.9 Å². The Balaban J connectivity index is 1.62. The quantitative estimate of drug-likeness (QED) is 0.550. The maximum atomic E-state index is 6.05. The molecule has 4 nitrogen and oxygen atoms in total. The summed E-state index contributed by atoms with van der Waals surface area (Å²) in [5.41, 5.74) is 5.16. The lowest BCUT2D eigenvalue weighted by Crippen LogP contribution is -2.18. The fourth-order valence-electron chi connectivity index (χ4n) is 2.68. The van der Waals surface area contributed by atoms with Crippen LogP contribution in [0.25, 0.3) is 0 Å². The predicted octanol–water partition coefficient (Wildman–Crippen LogP) is 5.66. The van der Waals surface area contributed by atoms with Crippen molar-refractivity contribution < 1.29 is 0 Å². The highest BCUT2D eigenvalue weighted by Crippen LogP contribution is 2.23. The molecule has 2 N–H and O–H groups in total. The van der Waals surface area contributed by atoms with Gasteiger partial charge in [0, 0.05) is 11.9 Å². The number of nitrogens with zero attached hydrogens (tertiary/aromatic N) is 2. The summed E-state index contributed by atoms with van der Waals surface area (Å²) in [4.78, 5) is 0. The molecule has 0 aliphatic rings. The number of anilines is 2. The number of halogens is 2. The summed E-state index contributed by atoms with van der Waals surface area (Å²) in [6.45, 7) is 4.71. The summed E-state index contributed by atoms with van der Waals surface area (Å²) in [5, 5.41) is 12.3. The second kappa shape index (κ2) is 8.08. The molecule has 134 valence electrons. The lowest BCUT2D eigenvalue weighted by molar-refractivity contribution is 0.687. The number of rotatable bonds is 4. The normalized spacial score (nSPS) is 10.6. The van der Waals surface area contributed by atoms with Gasteiger partial charge in [0.1, 0.15) is 0 Å². The first-order valence-corrected chi connectivity index (χ1v) is 9.18. The molecule has 0 atom stereocenters. The first kappa shape index (κ1) is 18.7. The maximum absolute atomic E-state index is 6.05. The molecule has 0 saturated carbocycles. The molecule has 1 aromatic heterocycles. The molecule has 0 aliphatic heterocycles. The highest BCUT2D eigenvalue weighted by Gasteiger charge is 2.05. The van der Waals surface area contributed by atoms with Crippen LogP contribution in [-0.2, 0) is 6.54 Å². The molecule has 3 aromatic rings. The van der Waals surface area contributed by atoms with Crippen LogP contribution in [0.5, 0.6) is 0 Å². The molecule has 0 saturated heterocycles. The van der Waals surface area contributed by atoms with E-state index in [4.69, 9.17) is 35.4 Å². The lowest BCUT2D eigenvalue weighted by Gasteiger charge is -2.10. The minimum absolute atomic E-state index is 0.518. The predicted molar refractivity (Wildman–Crippen MR) is 114 cm³/mol. The van der Waals surface area contributed by atoms with Gasteiger partial charge in [0.2, 0.25) is 0 Å². The summed E-state index contributed by atoms with van der Waals surface area (Å²) in [6, 6.07) is 11.8. The van der Waals surface area contributed by atoms with E-state index in [9.17, 15) is 0 Å². The van der Waals surface area contributed by atoms with E-state index in [1.807, 2.05) is 18.3 Å². The van der Waals surface area contributed by atoms with Crippen LogP contribution in [0.2, 0.25) is 10.0 Å². The third-order valence-electron chi connectivity index (χ3n) is 3.70. The molecule has 0 spiro atoms. The SMILES string of the molecule is Cc1cc(C)cc(NC(=S)Nc2cnn(Cc3ccc(Cl)c(Cl)c3)c2)c1. The van der Waals surface area contributed by atoms with Crippen LogP contribution in [0.4, 0.5) is 11.4 Å². The smallest absolute Gasteiger partial charge is 0.175 e. The van der Waals surface area contributed by atoms with Crippen LogP contribution in [0.1, 0.15) is 16.7 Å². The van der Waals surface area contributed by atoms with Gasteiger partial charge in [-0.3, -0.25) is 4.68 Å². The van der Waals surface area contributed by atoms with Gasteiger partial charge >= 0.3 is 0 Å². The molecular formula is C19H18Cl2N4S. The van der Waals surface area contributed by atoms with Gasteiger partial charge in [0.25, 0.3) is 0 Å². The van der Waals surface area contributed by atoms with E-state index in [2.05, 4.69) is 47.8 Å². The topological polar surface area (TPSA) is 41.9 Å². The molecule has 0 aliphatic carbocycles. The van der Waals surface area contributed by atoms with Crippen molar-refractivity contribution in [2.24, 2.45) is 0 Å². The number of aryl methyl sites for hydroxylation is 2. The molecule has 0 fully saturated rings. The van der Waals surface area contributed by atoms with Gasteiger partial charge in [-0.2, -0.15) is 5.10 Å². The van der Waals surface area contributed by atoms with Crippen LogP contribution >= 0.6 is 35.4 Å². The minimum atomic E-state index is 0.518. The maximum Gasteiger partial charge on any atom is 0.175 e. The van der Waals surface area contributed by atoms with Gasteiger partial charge < -0.3 is 10.6 Å². The zero-order valence-corrected chi connectivity index (χ0v) is 16.7. The van der Waals surface area contributed by atoms with Crippen molar-refractivity contribution in [3.8, 4) is 0 Å². The van der Waals surface area contributed by atoms with Crippen molar-refractivity contribution in [1.82, 2.24) is 9.78 Å². The Kier molecular flexibility index (Phi) is 5.81. The highest BCUT2D eigenvalue weighted by molar-refractivity contribution is 7.80. The van der Waals surface area contributed by atoms with E-state index in [-0.39, 0.29) is 0 Å². The fourth-order valence-corrected chi connectivity index (χ4v) is 3.24. The van der Waals surface area contributed by atoms with Gasteiger partial charge in [-0.05, 0) is 67.0 Å². The van der Waals surface area contributed by atoms with Crippen LogP contribution < -0.4 is 10.6 Å². The lowest BCUT2D eigenvalue weighted by atomic mass is 10.1. The van der Waals surface area contributed by atoms with Crippen molar-refractivity contribution >= 4 is 51.9 Å². The zero-order valence-electron chi connectivity index (χ0n) is 14.4. The van der Waals surface area contributed by atoms with Crippen molar-refractivity contribution in [2.45, 2.75) is 20.4 Å². The Morgan fingerprint density at radius 3 is 2.38 bits per heavy atom. The molecule has 2 aromatic carbocycles. The van der Waals surface area contributed by atoms with Crippen molar-refractivity contribution in [2.75, 3.05) is 10.6 Å². The molecular weight excluding hydrogens is 387 g/mol. The van der Waals surface area contributed by atoms with Crippen LogP contribution in [-0.4, -0.2) is 14.9 Å². The molecule has 0 amide bonds. The Bertz CT molecular complexity index is 932. The summed E-state index contributed by atoms with van der Waals surface area (Å²) >= 11 is 17.4. The molecule has 3 rings (SSSR count). The van der Waals surface area contributed by atoms with E-state index in [0.29, 0.717) is 21.7 Å². The van der Waals surface area contributed by atoms with Gasteiger partial charge in [-0.1, -0.05) is 35.3 Å². The third-order valence-corrected chi connectivity index (χ3v) is 4.64. The van der Waals surface area contributed by atoms with Gasteiger partial charge in [-0.25, -0.2) is 0 Å². The number of thiocarbonyl (C=S) groups is 1. The second-order valence-corrected chi connectivity index (χ2v) is 7.35. The summed E-state index contributed by atoms with van der Waals surface area (Å²) < 4.78 is 1.81. The van der Waals surface area contributed by atoms with Crippen molar-refractivity contribution in [3.05, 3.63) is 75.5 Å². The van der Waals surface area contributed by atoms with Crippen molar-refractivity contribution in [3.63, 3.8) is 0 Å². The van der Waals surface area contributed by atoms with Gasteiger partial charge in [0.05, 0.1) is 28.5 Å². The Hall–Kier alpha value is -2.08. The van der Waals surface area contributed by atoms with Gasteiger partial charge in [0.15, 0.2) is 5.11 Å². The highest BCUT2D eigenvalue weighted by atomic mass is 35.5. The number of aromatic nitrogens is 2. The van der Waals surface area contributed by atoms with Crippen LogP contribution in [0, 0.1) is 13.8 Å². The number of benzene rings is 2. The van der Waals surface area contributed by atoms with Crippen LogP contribution in [0.15, 0.2) is 48.8 Å². The molecule has 26 heavy (non-hydrogen) atoms. The van der Waals surface area contributed by atoms with E-state index in [1.165, 1.54) is 11.1 Å². The molecule has 1 heterocycles. The second-order valence-electron chi connectivity index (χ2n) is 6.13. The fraction of sp³-hybridized carbons (Fsp3) is 0.158. The first-order chi connectivity index (χ1) is 12.4. The Labute approximate surface area is 168 Å². The Morgan fingerprint density at radius 2 is 1.69 bits per heavy atom. The first-order valence-electron chi connectivity index (χ1n) is 8.02. The zero-order chi connectivity index (χ0) is 18.7. The monoisotopic (exact) mass is 404 g/mol. The molecule has 0 unspecified atom stereocenters. The summed E-state index contributed by atoms with van der Waals surface area (Å²) in [5.74, 6) is 0. The standard InChI is InChI=1S/C19H18Cl2N4S/c1-12-5-13(2)7-15(6-12)23-19(26)24-16-9-22-25(11-16)10-14-3-4-17(20)18(21)8-14/h3-9,11H,10H2,1-2H3,(H2,23,24,26). The van der Waals surface area contributed by atoms with E-state index < -0.39 is 0 Å². The number of hydrogen-bond acceptors (Lipinski definition) is 2. The minimum Gasteiger partial charge on any atom is -0.332 e. The molecule has 0 radical (unpaired) electrons. The third kappa shape index (κ3) is 4.97. The molecule has 0 bridgehead atoms. The van der Waals surface area contributed by atoms with E-state index >= 15 is 0 Å². The largest absolute Gasteiger partial charge is 0.332 e. The summed E-state index contributed by atoms with van der Waals surface area (Å²) in [6.07, 6.45) is 3.62. The van der Waals surface area contributed by atoms with Crippen LogP contribution in [0.3, 0.4) is 0 Å². The molecule has 7 heteroatoms.